The van der Waals surface area contributed by atoms with Crippen LogP contribution in [0.15, 0.2) is 36.6 Å². The van der Waals surface area contributed by atoms with Gasteiger partial charge in [-0.2, -0.15) is 0 Å². The molecular formula is C10H10O3. The minimum absolute atomic E-state index is 0.598. The van der Waals surface area contributed by atoms with Gasteiger partial charge in [0, 0.05) is 0 Å². The zero-order valence-electron chi connectivity index (χ0n) is 7.01. The van der Waals surface area contributed by atoms with Crippen molar-refractivity contribution in [3.8, 4) is 0 Å². The number of hydrogen-bond acceptors (Lipinski definition) is 3. The molecular weight excluding hydrogens is 168 g/mol. The molecule has 0 fully saturated rings. The summed E-state index contributed by atoms with van der Waals surface area (Å²) in [5.41, 5.74) is 0.938. The number of aliphatic hydroxyl groups excluding tert-OH is 1. The van der Waals surface area contributed by atoms with Gasteiger partial charge in [0.1, 0.15) is 6.61 Å². The Kier molecular flexibility index (Phi) is 3.73. The zero-order chi connectivity index (χ0) is 9.52. The fraction of sp³-hybridized carbons (Fsp3) is 0.100. The zero-order valence-corrected chi connectivity index (χ0v) is 7.01. The first-order valence-electron chi connectivity index (χ1n) is 3.85. The highest BCUT2D eigenvalue weighted by Crippen LogP contribution is 2.00. The largest absolute Gasteiger partial charge is 0.433 e. The summed E-state index contributed by atoms with van der Waals surface area (Å²) < 4.78 is 4.53. The lowest BCUT2D eigenvalue weighted by atomic mass is 10.2. The standard InChI is InChI=1S/C10H10O3/c11-8-10(12)13-7-6-9-4-2-1-3-5-9/h1-7,11H,8H2. The molecule has 0 aromatic heterocycles. The highest BCUT2D eigenvalue weighted by molar-refractivity contribution is 5.71. The number of benzene rings is 1. The Morgan fingerprint density at radius 2 is 2.08 bits per heavy atom. The maximum Gasteiger partial charge on any atom is 0.336 e. The predicted molar refractivity (Wildman–Crippen MR) is 48.7 cm³/mol. The number of carbonyl (C=O) groups excluding carboxylic acids is 1. The predicted octanol–water partition coefficient (Wildman–Crippen LogP) is 1.19. The van der Waals surface area contributed by atoms with Crippen LogP contribution in [0.5, 0.6) is 0 Å². The van der Waals surface area contributed by atoms with Gasteiger partial charge in [0.15, 0.2) is 0 Å². The molecule has 0 heterocycles. The van der Waals surface area contributed by atoms with Crippen molar-refractivity contribution < 1.29 is 14.6 Å². The van der Waals surface area contributed by atoms with Crippen molar-refractivity contribution in [2.45, 2.75) is 0 Å². The second-order valence-electron chi connectivity index (χ2n) is 2.36. The van der Waals surface area contributed by atoms with E-state index in [1.165, 1.54) is 6.26 Å². The van der Waals surface area contributed by atoms with E-state index in [1.54, 1.807) is 6.08 Å². The number of carbonyl (C=O) groups is 1. The molecule has 3 nitrogen and oxygen atoms in total. The molecule has 0 atom stereocenters. The van der Waals surface area contributed by atoms with Gasteiger partial charge >= 0.3 is 5.97 Å². The molecule has 0 saturated carbocycles. The SMILES string of the molecule is O=C(CO)OC=Cc1ccccc1. The summed E-state index contributed by atoms with van der Waals surface area (Å²) in [6.07, 6.45) is 2.90. The summed E-state index contributed by atoms with van der Waals surface area (Å²) >= 11 is 0. The van der Waals surface area contributed by atoms with Gasteiger partial charge in [-0.1, -0.05) is 30.3 Å². The van der Waals surface area contributed by atoms with Crippen LogP contribution in [0.1, 0.15) is 5.56 Å². The van der Waals surface area contributed by atoms with Crippen molar-refractivity contribution in [1.29, 1.82) is 0 Å². The Hall–Kier alpha value is -1.61. The number of ether oxygens (including phenoxy) is 1. The molecule has 68 valence electrons. The van der Waals surface area contributed by atoms with E-state index in [2.05, 4.69) is 4.74 Å². The first-order valence-corrected chi connectivity index (χ1v) is 3.85. The van der Waals surface area contributed by atoms with Gasteiger partial charge in [-0.3, -0.25) is 0 Å². The molecule has 1 aromatic rings. The Balaban J connectivity index is 2.45. The third-order valence-corrected chi connectivity index (χ3v) is 1.39. The van der Waals surface area contributed by atoms with Crippen LogP contribution in [0.4, 0.5) is 0 Å². The van der Waals surface area contributed by atoms with Gasteiger partial charge in [0.25, 0.3) is 0 Å². The highest BCUT2D eigenvalue weighted by Gasteiger charge is 1.93. The molecule has 0 aliphatic carbocycles. The molecule has 1 N–H and O–H groups in total. The van der Waals surface area contributed by atoms with Crippen LogP contribution in [-0.4, -0.2) is 17.7 Å². The summed E-state index contributed by atoms with van der Waals surface area (Å²) in [5, 5.41) is 8.32. The molecule has 0 unspecified atom stereocenters. The monoisotopic (exact) mass is 178 g/mol. The van der Waals surface area contributed by atoms with Crippen LogP contribution >= 0.6 is 0 Å². The Bertz CT molecular complexity index is 290. The summed E-state index contributed by atoms with van der Waals surface area (Å²) in [6, 6.07) is 9.42. The van der Waals surface area contributed by atoms with Crippen LogP contribution in [0.3, 0.4) is 0 Å². The van der Waals surface area contributed by atoms with Crippen LogP contribution < -0.4 is 0 Å². The molecule has 0 bridgehead atoms. The molecule has 0 aliphatic heterocycles. The average Bonchev–Trinajstić information content (AvgIpc) is 2.19. The van der Waals surface area contributed by atoms with Crippen LogP contribution in [0, 0.1) is 0 Å². The van der Waals surface area contributed by atoms with E-state index < -0.39 is 12.6 Å². The van der Waals surface area contributed by atoms with Gasteiger partial charge < -0.3 is 9.84 Å². The molecule has 13 heavy (non-hydrogen) atoms. The van der Waals surface area contributed by atoms with Gasteiger partial charge in [0.2, 0.25) is 0 Å². The van der Waals surface area contributed by atoms with Crippen LogP contribution in [-0.2, 0) is 9.53 Å². The average molecular weight is 178 g/mol. The molecule has 0 aliphatic rings. The number of esters is 1. The first kappa shape index (κ1) is 9.48. The van der Waals surface area contributed by atoms with Crippen LogP contribution in [0.2, 0.25) is 0 Å². The van der Waals surface area contributed by atoms with Gasteiger partial charge in [-0.25, -0.2) is 4.79 Å². The molecule has 3 heteroatoms. The maximum absolute atomic E-state index is 10.5. The van der Waals surface area contributed by atoms with Gasteiger partial charge in [-0.05, 0) is 11.6 Å². The number of hydrogen-bond donors (Lipinski definition) is 1. The Morgan fingerprint density at radius 1 is 1.38 bits per heavy atom. The first-order chi connectivity index (χ1) is 6.33. The number of rotatable bonds is 3. The van der Waals surface area contributed by atoms with Crippen molar-refractivity contribution in [3.63, 3.8) is 0 Å². The second kappa shape index (κ2) is 5.11. The lowest BCUT2D eigenvalue weighted by molar-refractivity contribution is -0.141. The van der Waals surface area contributed by atoms with Gasteiger partial charge in [-0.15, -0.1) is 0 Å². The van der Waals surface area contributed by atoms with E-state index in [0.29, 0.717) is 0 Å². The van der Waals surface area contributed by atoms with E-state index in [9.17, 15) is 4.79 Å². The molecule has 0 spiro atoms. The topological polar surface area (TPSA) is 46.5 Å². The van der Waals surface area contributed by atoms with Crippen molar-refractivity contribution >= 4 is 12.0 Å². The van der Waals surface area contributed by atoms with Crippen LogP contribution in [0.25, 0.3) is 6.08 Å². The van der Waals surface area contributed by atoms with Crippen molar-refractivity contribution in [3.05, 3.63) is 42.2 Å². The fourth-order valence-corrected chi connectivity index (χ4v) is 0.790. The highest BCUT2D eigenvalue weighted by atomic mass is 16.5. The third-order valence-electron chi connectivity index (χ3n) is 1.39. The molecule has 1 aromatic carbocycles. The quantitative estimate of drug-likeness (QED) is 0.558. The minimum atomic E-state index is -0.660. The minimum Gasteiger partial charge on any atom is -0.433 e. The normalized spacial score (nSPS) is 10.2. The number of aliphatic hydroxyl groups is 1. The third kappa shape index (κ3) is 3.53. The van der Waals surface area contributed by atoms with Gasteiger partial charge in [0.05, 0.1) is 6.26 Å². The molecule has 1 rings (SSSR count). The Morgan fingerprint density at radius 3 is 2.69 bits per heavy atom. The Labute approximate surface area is 76.3 Å². The summed E-state index contributed by atoms with van der Waals surface area (Å²) in [4.78, 5) is 10.5. The summed E-state index contributed by atoms with van der Waals surface area (Å²) in [6.45, 7) is -0.598. The lowest BCUT2D eigenvalue weighted by Gasteiger charge is -1.93. The maximum atomic E-state index is 10.5. The van der Waals surface area contributed by atoms with E-state index in [1.807, 2.05) is 30.3 Å². The fourth-order valence-electron chi connectivity index (χ4n) is 0.790. The van der Waals surface area contributed by atoms with E-state index in [-0.39, 0.29) is 0 Å². The summed E-state index contributed by atoms with van der Waals surface area (Å²) in [7, 11) is 0. The molecule has 0 amide bonds. The second-order valence-corrected chi connectivity index (χ2v) is 2.36. The van der Waals surface area contributed by atoms with E-state index in [4.69, 9.17) is 5.11 Å². The smallest absolute Gasteiger partial charge is 0.336 e. The summed E-state index contributed by atoms with van der Waals surface area (Å²) in [5.74, 6) is -0.660. The van der Waals surface area contributed by atoms with Crippen molar-refractivity contribution in [2.75, 3.05) is 6.61 Å². The van der Waals surface area contributed by atoms with Crippen molar-refractivity contribution in [2.24, 2.45) is 0 Å². The lowest BCUT2D eigenvalue weighted by Crippen LogP contribution is -2.03. The van der Waals surface area contributed by atoms with E-state index in [0.717, 1.165) is 5.56 Å². The molecule has 0 saturated heterocycles. The molecule has 0 radical (unpaired) electrons. The van der Waals surface area contributed by atoms with E-state index >= 15 is 0 Å². The van der Waals surface area contributed by atoms with Crippen molar-refractivity contribution in [1.82, 2.24) is 0 Å².